The van der Waals surface area contributed by atoms with E-state index in [-0.39, 0.29) is 12.1 Å². The average molecular weight is 257 g/mol. The second-order valence-electron chi connectivity index (χ2n) is 3.95. The first-order chi connectivity index (χ1) is 8.02. The molecule has 3 nitrogen and oxygen atoms in total. The summed E-state index contributed by atoms with van der Waals surface area (Å²) in [5, 5.41) is 0.634. The minimum absolute atomic E-state index is 0.134. The SMILES string of the molecule is CCC(Oc1ccc(Cl)cc1)C(=O)OC(C)C. The fourth-order valence-electron chi connectivity index (χ4n) is 1.28. The van der Waals surface area contributed by atoms with Crippen LogP contribution in [0.1, 0.15) is 27.2 Å². The highest BCUT2D eigenvalue weighted by Crippen LogP contribution is 2.18. The molecule has 17 heavy (non-hydrogen) atoms. The Morgan fingerprint density at radius 1 is 1.29 bits per heavy atom. The highest BCUT2D eigenvalue weighted by atomic mass is 35.5. The molecule has 0 aliphatic rings. The van der Waals surface area contributed by atoms with Crippen LogP contribution < -0.4 is 4.74 Å². The Morgan fingerprint density at radius 2 is 1.88 bits per heavy atom. The number of hydrogen-bond donors (Lipinski definition) is 0. The monoisotopic (exact) mass is 256 g/mol. The molecule has 0 radical (unpaired) electrons. The molecule has 0 heterocycles. The van der Waals surface area contributed by atoms with E-state index < -0.39 is 6.10 Å². The van der Waals surface area contributed by atoms with Gasteiger partial charge in [-0.25, -0.2) is 4.79 Å². The minimum atomic E-state index is -0.571. The van der Waals surface area contributed by atoms with Gasteiger partial charge in [-0.1, -0.05) is 18.5 Å². The van der Waals surface area contributed by atoms with E-state index in [0.717, 1.165) is 0 Å². The van der Waals surface area contributed by atoms with Crippen molar-refractivity contribution in [2.45, 2.75) is 39.4 Å². The predicted octanol–water partition coefficient (Wildman–Crippen LogP) is 3.45. The van der Waals surface area contributed by atoms with Crippen LogP contribution in [0.3, 0.4) is 0 Å². The van der Waals surface area contributed by atoms with Crippen LogP contribution >= 0.6 is 11.6 Å². The largest absolute Gasteiger partial charge is 0.479 e. The van der Waals surface area contributed by atoms with Crippen molar-refractivity contribution in [3.05, 3.63) is 29.3 Å². The Bertz CT molecular complexity index is 359. The molecule has 0 saturated carbocycles. The van der Waals surface area contributed by atoms with Crippen molar-refractivity contribution >= 4 is 17.6 Å². The fourth-order valence-corrected chi connectivity index (χ4v) is 1.41. The van der Waals surface area contributed by atoms with E-state index in [1.165, 1.54) is 0 Å². The third-order valence-electron chi connectivity index (χ3n) is 2.08. The van der Waals surface area contributed by atoms with E-state index in [1.807, 2.05) is 20.8 Å². The molecule has 1 unspecified atom stereocenters. The molecular weight excluding hydrogens is 240 g/mol. The standard InChI is InChI=1S/C13H17ClO3/c1-4-12(13(15)16-9(2)3)17-11-7-5-10(14)6-8-11/h5-9,12H,4H2,1-3H3. The average Bonchev–Trinajstić information content (AvgIpc) is 2.27. The van der Waals surface area contributed by atoms with Gasteiger partial charge in [-0.2, -0.15) is 0 Å². The van der Waals surface area contributed by atoms with Gasteiger partial charge in [0.2, 0.25) is 0 Å². The lowest BCUT2D eigenvalue weighted by Gasteiger charge is -2.17. The lowest BCUT2D eigenvalue weighted by molar-refractivity contribution is -0.155. The van der Waals surface area contributed by atoms with E-state index >= 15 is 0 Å². The maximum absolute atomic E-state index is 11.7. The fraction of sp³-hybridized carbons (Fsp3) is 0.462. The van der Waals surface area contributed by atoms with Gasteiger partial charge < -0.3 is 9.47 Å². The van der Waals surface area contributed by atoms with Crippen LogP contribution in [0.5, 0.6) is 5.75 Å². The first kappa shape index (κ1) is 13.8. The Labute approximate surface area is 107 Å². The molecular formula is C13H17ClO3. The number of halogens is 1. The number of hydrogen-bond acceptors (Lipinski definition) is 3. The van der Waals surface area contributed by atoms with Gasteiger partial charge in [0, 0.05) is 5.02 Å². The summed E-state index contributed by atoms with van der Waals surface area (Å²) in [4.78, 5) is 11.7. The van der Waals surface area contributed by atoms with Crippen molar-refractivity contribution in [2.75, 3.05) is 0 Å². The third-order valence-corrected chi connectivity index (χ3v) is 2.33. The van der Waals surface area contributed by atoms with Gasteiger partial charge in [0.1, 0.15) is 5.75 Å². The molecule has 0 bridgehead atoms. The second kappa shape index (κ2) is 6.50. The summed E-state index contributed by atoms with van der Waals surface area (Å²) < 4.78 is 10.7. The number of ether oxygens (including phenoxy) is 2. The van der Waals surface area contributed by atoms with Crippen LogP contribution in [0, 0.1) is 0 Å². The third kappa shape index (κ3) is 4.65. The van der Waals surface area contributed by atoms with Crippen LogP contribution in [0.2, 0.25) is 5.02 Å². The predicted molar refractivity (Wildman–Crippen MR) is 67.4 cm³/mol. The highest BCUT2D eigenvalue weighted by molar-refractivity contribution is 6.30. The van der Waals surface area contributed by atoms with Gasteiger partial charge >= 0.3 is 5.97 Å². The van der Waals surface area contributed by atoms with Gasteiger partial charge in [0.15, 0.2) is 6.10 Å². The summed E-state index contributed by atoms with van der Waals surface area (Å²) in [6.07, 6.45) is -0.141. The summed E-state index contributed by atoms with van der Waals surface area (Å²) in [5.41, 5.74) is 0. The van der Waals surface area contributed by atoms with Crippen LogP contribution in [-0.4, -0.2) is 18.2 Å². The van der Waals surface area contributed by atoms with Crippen LogP contribution in [0.25, 0.3) is 0 Å². The molecule has 1 atom stereocenters. The van der Waals surface area contributed by atoms with E-state index in [1.54, 1.807) is 24.3 Å². The maximum Gasteiger partial charge on any atom is 0.347 e. The van der Waals surface area contributed by atoms with Gasteiger partial charge in [0.05, 0.1) is 6.10 Å². The summed E-state index contributed by atoms with van der Waals surface area (Å²) >= 11 is 5.77. The first-order valence-electron chi connectivity index (χ1n) is 5.65. The van der Waals surface area contributed by atoms with Gasteiger partial charge in [-0.3, -0.25) is 0 Å². The Morgan fingerprint density at radius 3 is 2.35 bits per heavy atom. The summed E-state index contributed by atoms with van der Waals surface area (Å²) in [6.45, 7) is 5.50. The summed E-state index contributed by atoms with van der Waals surface area (Å²) in [5.74, 6) is 0.277. The Balaban J connectivity index is 2.63. The van der Waals surface area contributed by atoms with Gasteiger partial charge in [0.25, 0.3) is 0 Å². The van der Waals surface area contributed by atoms with Crippen LogP contribution in [0.4, 0.5) is 0 Å². The molecule has 0 spiro atoms. The Hall–Kier alpha value is -1.22. The number of rotatable bonds is 5. The summed E-state index contributed by atoms with van der Waals surface area (Å²) in [6, 6.07) is 6.90. The molecule has 1 aromatic carbocycles. The summed E-state index contributed by atoms with van der Waals surface area (Å²) in [7, 11) is 0. The first-order valence-corrected chi connectivity index (χ1v) is 6.03. The lowest BCUT2D eigenvalue weighted by atomic mass is 10.2. The lowest BCUT2D eigenvalue weighted by Crippen LogP contribution is -2.30. The van der Waals surface area contributed by atoms with Gasteiger partial charge in [-0.05, 0) is 44.5 Å². The van der Waals surface area contributed by atoms with E-state index in [2.05, 4.69) is 0 Å². The number of carbonyl (C=O) groups is 1. The molecule has 0 aliphatic carbocycles. The van der Waals surface area contributed by atoms with Crippen molar-refractivity contribution in [2.24, 2.45) is 0 Å². The van der Waals surface area contributed by atoms with Crippen molar-refractivity contribution < 1.29 is 14.3 Å². The topological polar surface area (TPSA) is 35.5 Å². The number of carbonyl (C=O) groups excluding carboxylic acids is 1. The van der Waals surface area contributed by atoms with Crippen molar-refractivity contribution in [1.29, 1.82) is 0 Å². The smallest absolute Gasteiger partial charge is 0.347 e. The minimum Gasteiger partial charge on any atom is -0.479 e. The molecule has 0 aromatic heterocycles. The zero-order chi connectivity index (χ0) is 12.8. The molecule has 0 amide bonds. The molecule has 0 N–H and O–H groups in total. The number of benzene rings is 1. The van der Waals surface area contributed by atoms with Crippen molar-refractivity contribution in [1.82, 2.24) is 0 Å². The molecule has 1 aromatic rings. The highest BCUT2D eigenvalue weighted by Gasteiger charge is 2.20. The van der Waals surface area contributed by atoms with Crippen LogP contribution in [0.15, 0.2) is 24.3 Å². The second-order valence-corrected chi connectivity index (χ2v) is 4.39. The quantitative estimate of drug-likeness (QED) is 0.757. The number of esters is 1. The van der Waals surface area contributed by atoms with E-state index in [4.69, 9.17) is 21.1 Å². The Kier molecular flexibility index (Phi) is 5.29. The van der Waals surface area contributed by atoms with Gasteiger partial charge in [-0.15, -0.1) is 0 Å². The van der Waals surface area contributed by atoms with E-state index in [0.29, 0.717) is 17.2 Å². The maximum atomic E-state index is 11.7. The van der Waals surface area contributed by atoms with Crippen molar-refractivity contribution in [3.63, 3.8) is 0 Å². The van der Waals surface area contributed by atoms with Crippen molar-refractivity contribution in [3.8, 4) is 5.75 Å². The normalized spacial score (nSPS) is 12.3. The molecule has 1 rings (SSSR count). The molecule has 4 heteroatoms. The molecule has 0 fully saturated rings. The zero-order valence-corrected chi connectivity index (χ0v) is 11.0. The molecule has 0 aliphatic heterocycles. The molecule has 94 valence electrons. The zero-order valence-electron chi connectivity index (χ0n) is 10.3. The van der Waals surface area contributed by atoms with Crippen LogP contribution in [-0.2, 0) is 9.53 Å². The molecule has 0 saturated heterocycles. The van der Waals surface area contributed by atoms with E-state index in [9.17, 15) is 4.79 Å².